The van der Waals surface area contributed by atoms with Gasteiger partial charge in [-0.15, -0.1) is 0 Å². The van der Waals surface area contributed by atoms with Crippen LogP contribution in [-0.4, -0.2) is 25.8 Å². The van der Waals surface area contributed by atoms with E-state index in [4.69, 9.17) is 0 Å². The molecule has 0 heterocycles. The molecule has 1 amide bonds. The number of hydrogen-bond acceptors (Lipinski definition) is 5. The number of rotatable bonds is 7. The van der Waals surface area contributed by atoms with Crippen molar-refractivity contribution < 1.29 is 18.1 Å². The average molecular weight is 490 g/mol. The highest BCUT2D eigenvalue weighted by Crippen LogP contribution is 2.29. The number of nitro benzene ring substituents is 1. The molecule has 0 aromatic heterocycles. The van der Waals surface area contributed by atoms with E-state index in [1.807, 2.05) is 0 Å². The number of halogens is 1. The predicted octanol–water partition coefficient (Wildman–Crippen LogP) is 4.19. The molecule has 3 aromatic rings. The van der Waals surface area contributed by atoms with Gasteiger partial charge in [-0.3, -0.25) is 19.2 Å². The molecule has 0 aliphatic rings. The fourth-order valence-electron chi connectivity index (χ4n) is 2.75. The molecule has 3 rings (SSSR count). The van der Waals surface area contributed by atoms with Gasteiger partial charge in [0.15, 0.2) is 4.90 Å². The highest BCUT2D eigenvalue weighted by atomic mass is 79.9. The molecule has 0 saturated heterocycles. The van der Waals surface area contributed by atoms with Crippen molar-refractivity contribution >= 4 is 48.9 Å². The number of para-hydroxylation sites is 2. The molecule has 10 heteroatoms. The lowest BCUT2D eigenvalue weighted by Gasteiger charge is -2.24. The van der Waals surface area contributed by atoms with Crippen LogP contribution >= 0.6 is 15.9 Å². The zero-order chi connectivity index (χ0) is 21.7. The van der Waals surface area contributed by atoms with Gasteiger partial charge in [-0.25, -0.2) is 8.42 Å². The maximum atomic E-state index is 13.3. The van der Waals surface area contributed by atoms with Crippen LogP contribution in [0, 0.1) is 10.1 Å². The van der Waals surface area contributed by atoms with E-state index in [1.54, 1.807) is 42.5 Å². The number of nitro groups is 1. The van der Waals surface area contributed by atoms with Gasteiger partial charge in [-0.1, -0.05) is 52.3 Å². The van der Waals surface area contributed by atoms with Gasteiger partial charge in [0.1, 0.15) is 6.54 Å². The third-order valence-corrected chi connectivity index (χ3v) is 6.38. The lowest BCUT2D eigenvalue weighted by molar-refractivity contribution is -0.387. The Morgan fingerprint density at radius 2 is 1.67 bits per heavy atom. The molecule has 0 saturated carbocycles. The number of carbonyl (C=O) groups is 1. The van der Waals surface area contributed by atoms with Crippen LogP contribution in [-0.2, 0) is 14.8 Å². The van der Waals surface area contributed by atoms with Gasteiger partial charge in [0.25, 0.3) is 15.7 Å². The van der Waals surface area contributed by atoms with Crippen LogP contribution in [0.3, 0.4) is 0 Å². The summed E-state index contributed by atoms with van der Waals surface area (Å²) < 4.78 is 28.3. The molecule has 0 spiro atoms. The molecule has 154 valence electrons. The quantitative estimate of drug-likeness (QED) is 0.395. The van der Waals surface area contributed by atoms with E-state index >= 15 is 0 Å². The average Bonchev–Trinajstić information content (AvgIpc) is 2.72. The number of carbonyl (C=O) groups excluding carboxylic acids is 1. The van der Waals surface area contributed by atoms with Crippen LogP contribution in [0.15, 0.2) is 88.2 Å². The summed E-state index contributed by atoms with van der Waals surface area (Å²) in [4.78, 5) is 22.7. The van der Waals surface area contributed by atoms with Crippen molar-refractivity contribution in [2.45, 2.75) is 4.90 Å². The molecule has 0 aliphatic carbocycles. The van der Waals surface area contributed by atoms with E-state index in [9.17, 15) is 23.3 Å². The first-order valence-corrected chi connectivity index (χ1v) is 10.9. The second kappa shape index (κ2) is 9.06. The Morgan fingerprint density at radius 1 is 1.00 bits per heavy atom. The van der Waals surface area contributed by atoms with Crippen molar-refractivity contribution in [1.82, 2.24) is 0 Å². The third-order valence-electron chi connectivity index (χ3n) is 4.07. The number of sulfonamides is 1. The summed E-state index contributed by atoms with van der Waals surface area (Å²) >= 11 is 3.30. The largest absolute Gasteiger partial charge is 0.324 e. The fourth-order valence-corrected chi connectivity index (χ4v) is 4.73. The summed E-state index contributed by atoms with van der Waals surface area (Å²) in [5.74, 6) is -0.598. The molecule has 3 aromatic carbocycles. The van der Waals surface area contributed by atoms with E-state index in [2.05, 4.69) is 21.2 Å². The van der Waals surface area contributed by atoms with Gasteiger partial charge in [-0.2, -0.15) is 0 Å². The summed E-state index contributed by atoms with van der Waals surface area (Å²) in [7, 11) is -4.40. The highest BCUT2D eigenvalue weighted by molar-refractivity contribution is 9.10. The van der Waals surface area contributed by atoms with Gasteiger partial charge >= 0.3 is 0 Å². The van der Waals surface area contributed by atoms with E-state index in [1.165, 1.54) is 24.3 Å². The smallest absolute Gasteiger partial charge is 0.289 e. The summed E-state index contributed by atoms with van der Waals surface area (Å²) in [6.07, 6.45) is 0. The molecule has 30 heavy (non-hydrogen) atoms. The van der Waals surface area contributed by atoms with E-state index in [0.29, 0.717) is 5.69 Å². The van der Waals surface area contributed by atoms with Crippen LogP contribution in [0.2, 0.25) is 0 Å². The molecule has 1 N–H and O–H groups in total. The van der Waals surface area contributed by atoms with E-state index in [0.717, 1.165) is 20.9 Å². The Morgan fingerprint density at radius 3 is 2.33 bits per heavy atom. The lowest BCUT2D eigenvalue weighted by atomic mass is 10.3. The monoisotopic (exact) mass is 489 g/mol. The Hall–Kier alpha value is -3.24. The molecule has 0 fully saturated rings. The van der Waals surface area contributed by atoms with Crippen LogP contribution in [0.25, 0.3) is 0 Å². The van der Waals surface area contributed by atoms with E-state index < -0.39 is 38.0 Å². The molecule has 0 atom stereocenters. The summed E-state index contributed by atoms with van der Waals surface area (Å²) in [6, 6.07) is 19.8. The van der Waals surface area contributed by atoms with Crippen LogP contribution < -0.4 is 9.62 Å². The van der Waals surface area contributed by atoms with Crippen molar-refractivity contribution in [2.24, 2.45) is 0 Å². The molecule has 0 radical (unpaired) electrons. The fraction of sp³-hybridized carbons (Fsp3) is 0.0500. The predicted molar refractivity (Wildman–Crippen MR) is 117 cm³/mol. The zero-order valence-corrected chi connectivity index (χ0v) is 17.8. The van der Waals surface area contributed by atoms with Crippen molar-refractivity contribution in [3.05, 3.63) is 93.4 Å². The first-order chi connectivity index (χ1) is 14.3. The van der Waals surface area contributed by atoms with Gasteiger partial charge in [0.2, 0.25) is 5.91 Å². The summed E-state index contributed by atoms with van der Waals surface area (Å²) in [5.41, 5.74) is 0.122. The van der Waals surface area contributed by atoms with Gasteiger partial charge in [0, 0.05) is 16.2 Å². The van der Waals surface area contributed by atoms with Crippen molar-refractivity contribution in [3.63, 3.8) is 0 Å². The number of nitrogens with one attached hydrogen (secondary N) is 1. The maximum absolute atomic E-state index is 13.3. The molecule has 0 aliphatic heterocycles. The first kappa shape index (κ1) is 21.5. The minimum Gasteiger partial charge on any atom is -0.324 e. The molecule has 0 bridgehead atoms. The van der Waals surface area contributed by atoms with Crippen LogP contribution in [0.1, 0.15) is 0 Å². The lowest BCUT2D eigenvalue weighted by Crippen LogP contribution is -2.38. The molecular weight excluding hydrogens is 474 g/mol. The Balaban J connectivity index is 1.99. The van der Waals surface area contributed by atoms with E-state index in [-0.39, 0.29) is 5.69 Å². The number of anilines is 2. The summed E-state index contributed by atoms with van der Waals surface area (Å²) in [6.45, 7) is -0.565. The number of benzene rings is 3. The first-order valence-electron chi connectivity index (χ1n) is 8.65. The second-order valence-corrected chi connectivity index (χ2v) is 8.88. The molecule has 0 unspecified atom stereocenters. The number of hydrogen-bond donors (Lipinski definition) is 1. The maximum Gasteiger partial charge on any atom is 0.289 e. The SMILES string of the molecule is O=C(CN(c1ccccc1)S(=O)(=O)c1ccccc1[N+](=O)[O-])Nc1cccc(Br)c1. The number of nitrogens with zero attached hydrogens (tertiary/aromatic N) is 2. The Labute approximate surface area is 181 Å². The standard InChI is InChI=1S/C20H16BrN3O5S/c21-15-7-6-8-16(13-15)22-20(25)14-23(17-9-2-1-3-10-17)30(28,29)19-12-5-4-11-18(19)24(26)27/h1-13H,14H2,(H,22,25). The molecule has 8 nitrogen and oxygen atoms in total. The minimum absolute atomic E-state index is 0.208. The van der Waals surface area contributed by atoms with Crippen molar-refractivity contribution in [1.29, 1.82) is 0 Å². The summed E-state index contributed by atoms with van der Waals surface area (Å²) in [5, 5.41) is 14.0. The number of amides is 1. The molecular formula is C20H16BrN3O5S. The second-order valence-electron chi connectivity index (χ2n) is 6.13. The zero-order valence-electron chi connectivity index (χ0n) is 15.4. The normalized spacial score (nSPS) is 11.0. The third kappa shape index (κ3) is 4.84. The highest BCUT2D eigenvalue weighted by Gasteiger charge is 2.33. The topological polar surface area (TPSA) is 110 Å². The van der Waals surface area contributed by atoms with Crippen molar-refractivity contribution in [2.75, 3.05) is 16.2 Å². The van der Waals surface area contributed by atoms with Crippen LogP contribution in [0.4, 0.5) is 17.1 Å². The minimum atomic E-state index is -4.40. The van der Waals surface area contributed by atoms with Crippen molar-refractivity contribution in [3.8, 4) is 0 Å². The van der Waals surface area contributed by atoms with Gasteiger partial charge < -0.3 is 5.32 Å². The van der Waals surface area contributed by atoms with Gasteiger partial charge in [-0.05, 0) is 36.4 Å². The van der Waals surface area contributed by atoms with Crippen LogP contribution in [0.5, 0.6) is 0 Å². The Bertz CT molecular complexity index is 1190. The Kier molecular flexibility index (Phi) is 6.48. The van der Waals surface area contributed by atoms with Gasteiger partial charge in [0.05, 0.1) is 10.6 Å².